The Kier molecular flexibility index (Phi) is 5.14. The Hall–Kier alpha value is -2.67. The Morgan fingerprint density at radius 2 is 2.00 bits per heavy atom. The number of rotatable bonds is 5. The number of benzene rings is 1. The van der Waals surface area contributed by atoms with Crippen LogP contribution in [0, 0.1) is 11.8 Å². The number of hydrogen-bond donors (Lipinski definition) is 2. The summed E-state index contributed by atoms with van der Waals surface area (Å²) in [6.07, 6.45) is 3.34. The van der Waals surface area contributed by atoms with Crippen molar-refractivity contribution in [3.8, 4) is 5.69 Å². The third-order valence-corrected chi connectivity index (χ3v) is 4.60. The lowest BCUT2D eigenvalue weighted by Crippen LogP contribution is -2.31. The molecule has 132 valence electrons. The number of carboxylic acid groups (broad SMARTS) is 1. The van der Waals surface area contributed by atoms with Gasteiger partial charge in [-0.3, -0.25) is 4.79 Å². The van der Waals surface area contributed by atoms with Crippen molar-refractivity contribution < 1.29 is 19.4 Å². The average molecular weight is 343 g/mol. The monoisotopic (exact) mass is 343 g/mol. The first-order chi connectivity index (χ1) is 12.1. The van der Waals surface area contributed by atoms with Crippen LogP contribution in [0.4, 0.5) is 5.69 Å². The number of carbonyl (C=O) groups is 2. The molecule has 3 rings (SSSR count). The molecule has 25 heavy (non-hydrogen) atoms. The molecule has 2 heterocycles. The minimum Gasteiger partial charge on any atom is -0.476 e. The molecular weight excluding hydrogens is 322 g/mol. The van der Waals surface area contributed by atoms with Crippen molar-refractivity contribution in [1.29, 1.82) is 0 Å². The van der Waals surface area contributed by atoms with Gasteiger partial charge in [0.05, 0.1) is 11.4 Å². The zero-order chi connectivity index (χ0) is 17.8. The molecule has 2 aromatic rings. The lowest BCUT2D eigenvalue weighted by atomic mass is 9.86. The number of nitrogens with zero attached hydrogens (tertiary/aromatic N) is 2. The number of carboxylic acids is 1. The number of aromatic carboxylic acids is 1. The highest BCUT2D eigenvalue weighted by Gasteiger charge is 2.26. The van der Waals surface area contributed by atoms with Crippen molar-refractivity contribution in [2.24, 2.45) is 11.8 Å². The Morgan fingerprint density at radius 3 is 2.68 bits per heavy atom. The van der Waals surface area contributed by atoms with Crippen LogP contribution in [0.15, 0.2) is 36.5 Å². The van der Waals surface area contributed by atoms with Gasteiger partial charge in [-0.15, -0.1) is 0 Å². The van der Waals surface area contributed by atoms with Gasteiger partial charge in [0.25, 0.3) is 0 Å². The third-order valence-electron chi connectivity index (χ3n) is 4.60. The van der Waals surface area contributed by atoms with Crippen LogP contribution in [0.2, 0.25) is 0 Å². The Morgan fingerprint density at radius 1 is 1.28 bits per heavy atom. The maximum atomic E-state index is 12.6. The van der Waals surface area contributed by atoms with Gasteiger partial charge in [0.15, 0.2) is 5.69 Å². The number of carbonyl (C=O) groups excluding carboxylic acids is 1. The van der Waals surface area contributed by atoms with Crippen LogP contribution in [0.3, 0.4) is 0 Å². The summed E-state index contributed by atoms with van der Waals surface area (Å²) in [5, 5.41) is 16.0. The minimum atomic E-state index is -1.09. The van der Waals surface area contributed by atoms with Crippen LogP contribution in [0.1, 0.15) is 30.3 Å². The van der Waals surface area contributed by atoms with E-state index in [4.69, 9.17) is 9.84 Å². The first-order valence-corrected chi connectivity index (χ1v) is 8.33. The summed E-state index contributed by atoms with van der Waals surface area (Å²) < 4.78 is 6.81. The van der Waals surface area contributed by atoms with Gasteiger partial charge in [-0.25, -0.2) is 9.48 Å². The lowest BCUT2D eigenvalue weighted by molar-refractivity contribution is -0.122. The number of ether oxygens (including phenoxy) is 1. The summed E-state index contributed by atoms with van der Waals surface area (Å²) in [7, 11) is 0. The van der Waals surface area contributed by atoms with E-state index >= 15 is 0 Å². The van der Waals surface area contributed by atoms with Gasteiger partial charge in [0, 0.05) is 25.3 Å². The number of amides is 1. The van der Waals surface area contributed by atoms with E-state index in [0.29, 0.717) is 30.5 Å². The fourth-order valence-electron chi connectivity index (χ4n) is 3.03. The molecule has 1 fully saturated rings. The smallest absolute Gasteiger partial charge is 0.356 e. The van der Waals surface area contributed by atoms with Crippen LogP contribution in [0.5, 0.6) is 0 Å². The molecule has 2 N–H and O–H groups in total. The SMILES string of the molecule is CC(C(=O)Nc1ccccc1-n1ccc(C(=O)O)n1)C1CCOCC1. The molecule has 1 saturated heterocycles. The summed E-state index contributed by atoms with van der Waals surface area (Å²) >= 11 is 0. The molecule has 1 aliphatic heterocycles. The normalized spacial score (nSPS) is 16.4. The Bertz CT molecular complexity index is 765. The topological polar surface area (TPSA) is 93.5 Å². The quantitative estimate of drug-likeness (QED) is 0.870. The molecule has 1 amide bonds. The highest BCUT2D eigenvalue weighted by atomic mass is 16.5. The molecule has 1 atom stereocenters. The predicted molar refractivity (Wildman–Crippen MR) is 91.9 cm³/mol. The van der Waals surface area contributed by atoms with Gasteiger partial charge < -0.3 is 15.2 Å². The van der Waals surface area contributed by atoms with Crippen molar-refractivity contribution >= 4 is 17.6 Å². The maximum Gasteiger partial charge on any atom is 0.356 e. The third kappa shape index (κ3) is 3.88. The molecule has 1 aromatic heterocycles. The van der Waals surface area contributed by atoms with Crippen molar-refractivity contribution in [2.75, 3.05) is 18.5 Å². The molecule has 0 bridgehead atoms. The summed E-state index contributed by atoms with van der Waals surface area (Å²) in [5.41, 5.74) is 1.19. The van der Waals surface area contributed by atoms with Gasteiger partial charge in [-0.2, -0.15) is 5.10 Å². The highest BCUT2D eigenvalue weighted by Crippen LogP contribution is 2.26. The molecule has 7 heteroatoms. The van der Waals surface area contributed by atoms with E-state index in [1.807, 2.05) is 19.1 Å². The minimum absolute atomic E-state index is 0.0447. The zero-order valence-electron chi connectivity index (χ0n) is 14.0. The van der Waals surface area contributed by atoms with Crippen LogP contribution >= 0.6 is 0 Å². The molecule has 0 spiro atoms. The second kappa shape index (κ2) is 7.48. The van der Waals surface area contributed by atoms with Crippen molar-refractivity contribution in [2.45, 2.75) is 19.8 Å². The standard InChI is InChI=1S/C18H21N3O4/c1-12(13-7-10-25-11-8-13)17(22)19-14-4-2-3-5-16(14)21-9-6-15(20-21)18(23)24/h2-6,9,12-13H,7-8,10-11H2,1H3,(H,19,22)(H,23,24). The largest absolute Gasteiger partial charge is 0.476 e. The molecule has 0 radical (unpaired) electrons. The fraction of sp³-hybridized carbons (Fsp3) is 0.389. The van der Waals surface area contributed by atoms with E-state index in [1.165, 1.54) is 10.7 Å². The number of hydrogen-bond acceptors (Lipinski definition) is 4. The van der Waals surface area contributed by atoms with Crippen molar-refractivity contribution in [3.05, 3.63) is 42.2 Å². The molecular formula is C18H21N3O4. The first kappa shape index (κ1) is 17.2. The molecule has 7 nitrogen and oxygen atoms in total. The average Bonchev–Trinajstić information content (AvgIpc) is 3.12. The Balaban J connectivity index is 1.78. The van der Waals surface area contributed by atoms with Gasteiger partial charge in [-0.05, 0) is 37.0 Å². The number of aromatic nitrogens is 2. The zero-order valence-corrected chi connectivity index (χ0v) is 14.0. The fourth-order valence-corrected chi connectivity index (χ4v) is 3.03. The number of para-hydroxylation sites is 2. The molecule has 1 unspecified atom stereocenters. The number of nitrogens with one attached hydrogen (secondary N) is 1. The van der Waals surface area contributed by atoms with E-state index < -0.39 is 5.97 Å². The second-order valence-electron chi connectivity index (χ2n) is 6.20. The van der Waals surface area contributed by atoms with E-state index in [0.717, 1.165) is 12.8 Å². The number of anilines is 1. The Labute approximate surface area is 145 Å². The van der Waals surface area contributed by atoms with Gasteiger partial charge in [0.1, 0.15) is 0 Å². The first-order valence-electron chi connectivity index (χ1n) is 8.33. The molecule has 0 aliphatic carbocycles. The van der Waals surface area contributed by atoms with Gasteiger partial charge >= 0.3 is 5.97 Å². The van der Waals surface area contributed by atoms with E-state index in [1.54, 1.807) is 18.3 Å². The second-order valence-corrected chi connectivity index (χ2v) is 6.20. The predicted octanol–water partition coefficient (Wildman–Crippen LogP) is 2.57. The molecule has 1 aromatic carbocycles. The van der Waals surface area contributed by atoms with Crippen LogP contribution in [-0.4, -0.2) is 40.0 Å². The van der Waals surface area contributed by atoms with E-state index in [2.05, 4.69) is 10.4 Å². The van der Waals surface area contributed by atoms with Crippen LogP contribution < -0.4 is 5.32 Å². The van der Waals surface area contributed by atoms with E-state index in [-0.39, 0.29) is 17.5 Å². The van der Waals surface area contributed by atoms with Crippen molar-refractivity contribution in [1.82, 2.24) is 9.78 Å². The molecule has 1 aliphatic rings. The highest BCUT2D eigenvalue weighted by molar-refractivity contribution is 5.94. The summed E-state index contributed by atoms with van der Waals surface area (Å²) in [6.45, 7) is 3.33. The van der Waals surface area contributed by atoms with Crippen LogP contribution in [-0.2, 0) is 9.53 Å². The van der Waals surface area contributed by atoms with Gasteiger partial charge in [-0.1, -0.05) is 19.1 Å². The molecule has 0 saturated carbocycles. The summed E-state index contributed by atoms with van der Waals surface area (Å²) in [4.78, 5) is 23.6. The maximum absolute atomic E-state index is 12.6. The summed E-state index contributed by atoms with van der Waals surface area (Å²) in [6, 6.07) is 8.62. The van der Waals surface area contributed by atoms with Crippen LogP contribution in [0.25, 0.3) is 5.69 Å². The van der Waals surface area contributed by atoms with E-state index in [9.17, 15) is 9.59 Å². The van der Waals surface area contributed by atoms with Crippen molar-refractivity contribution in [3.63, 3.8) is 0 Å². The summed E-state index contributed by atoms with van der Waals surface area (Å²) in [5.74, 6) is -0.952. The lowest BCUT2D eigenvalue weighted by Gasteiger charge is -2.27. The van der Waals surface area contributed by atoms with Gasteiger partial charge in [0.2, 0.25) is 5.91 Å².